The third-order valence-corrected chi connectivity index (χ3v) is 8.20. The highest BCUT2D eigenvalue weighted by Crippen LogP contribution is 2.52. The van der Waals surface area contributed by atoms with Crippen molar-refractivity contribution < 1.29 is 13.6 Å². The van der Waals surface area contributed by atoms with E-state index in [1.165, 1.54) is 11.6 Å². The van der Waals surface area contributed by atoms with Gasteiger partial charge in [0.15, 0.2) is 5.56 Å². The monoisotopic (exact) mass is 509 g/mol. The van der Waals surface area contributed by atoms with Gasteiger partial charge in [-0.05, 0) is 61.2 Å². The Bertz CT molecular complexity index is 1290. The summed E-state index contributed by atoms with van der Waals surface area (Å²) in [6, 6.07) is 17.5. The first-order valence-corrected chi connectivity index (χ1v) is 12.9. The smallest absolute Gasteiger partial charge is 0.317 e. The molecule has 3 nitrogen and oxygen atoms in total. The lowest BCUT2D eigenvalue weighted by atomic mass is 9.75. The van der Waals surface area contributed by atoms with Gasteiger partial charge in [-0.3, -0.25) is 0 Å². The molecule has 1 fully saturated rings. The van der Waals surface area contributed by atoms with Crippen LogP contribution in [0.4, 0.5) is 14.5 Å². The van der Waals surface area contributed by atoms with Crippen molar-refractivity contribution in [2.45, 2.75) is 51.0 Å². The maximum atomic E-state index is 15.0. The van der Waals surface area contributed by atoms with Crippen molar-refractivity contribution in [2.24, 2.45) is 0 Å². The van der Waals surface area contributed by atoms with Gasteiger partial charge in [0.05, 0.1) is 5.41 Å². The lowest BCUT2D eigenvalue weighted by Crippen LogP contribution is -2.57. The summed E-state index contributed by atoms with van der Waals surface area (Å²) >= 11 is 6.46. The van der Waals surface area contributed by atoms with Gasteiger partial charge in [0, 0.05) is 22.2 Å². The zero-order valence-corrected chi connectivity index (χ0v) is 21.8. The van der Waals surface area contributed by atoms with Gasteiger partial charge in [-0.25, -0.2) is 18.1 Å². The second-order valence-corrected chi connectivity index (χ2v) is 11.8. The number of piperidine rings is 1. The maximum Gasteiger partial charge on any atom is 0.357 e. The molecule has 1 unspecified atom stereocenters. The van der Waals surface area contributed by atoms with Gasteiger partial charge in [0.1, 0.15) is 30.4 Å². The first-order chi connectivity index (χ1) is 17.1. The molecule has 2 aliphatic heterocycles. The van der Waals surface area contributed by atoms with Crippen LogP contribution >= 0.6 is 11.6 Å². The molecule has 188 valence electrons. The summed E-state index contributed by atoms with van der Waals surface area (Å²) in [5, 5.41) is 4.02. The molecule has 1 saturated heterocycles. The second-order valence-electron chi connectivity index (χ2n) is 11.3. The number of benzene rings is 3. The topological polar surface area (TPSA) is 29.1 Å². The zero-order chi connectivity index (χ0) is 25.7. The van der Waals surface area contributed by atoms with Crippen molar-refractivity contribution in [3.05, 3.63) is 99.6 Å². The van der Waals surface area contributed by atoms with Crippen LogP contribution in [0.2, 0.25) is 5.02 Å². The number of amides is 1. The number of hydrogen-bond donors (Lipinski definition) is 1. The van der Waals surface area contributed by atoms with Crippen molar-refractivity contribution in [1.29, 1.82) is 0 Å². The average molecular weight is 510 g/mol. The normalized spacial score (nSPS) is 20.9. The fourth-order valence-corrected chi connectivity index (χ4v) is 6.23. The summed E-state index contributed by atoms with van der Waals surface area (Å²) in [6.45, 7) is 8.84. The molecule has 0 bridgehead atoms. The van der Waals surface area contributed by atoms with Crippen molar-refractivity contribution >= 4 is 23.2 Å². The van der Waals surface area contributed by atoms with Crippen LogP contribution in [-0.2, 0) is 17.4 Å². The van der Waals surface area contributed by atoms with Gasteiger partial charge in [0.2, 0.25) is 0 Å². The Morgan fingerprint density at radius 3 is 2.25 bits per heavy atom. The van der Waals surface area contributed by atoms with E-state index < -0.39 is 23.1 Å². The Morgan fingerprint density at radius 1 is 1.00 bits per heavy atom. The first kappa shape index (κ1) is 25.1. The predicted molar refractivity (Wildman–Crippen MR) is 141 cm³/mol. The molecule has 0 aliphatic carbocycles. The number of fused-ring (bicyclic) bond motifs is 2. The standard InChI is InChI=1S/C30H32ClF2N2O/c1-29(2,3)21-9-7-20(8-10-21)18-35(28(36)27-24(32)5-4-6-25(27)33)19-30(13-15-34-16-14-30)23-17-22(31)11-12-26(23)35/h4-12,17,34H,13-16,18-19H2,1-3H3/q+1. The summed E-state index contributed by atoms with van der Waals surface area (Å²) in [5.41, 5.74) is 3.16. The van der Waals surface area contributed by atoms with Crippen molar-refractivity contribution in [2.75, 3.05) is 19.6 Å². The lowest BCUT2D eigenvalue weighted by molar-refractivity contribution is 0.0717. The van der Waals surface area contributed by atoms with E-state index in [2.05, 4.69) is 38.2 Å². The van der Waals surface area contributed by atoms with Gasteiger partial charge in [-0.1, -0.05) is 62.7 Å². The number of nitrogens with zero attached hydrogens (tertiary/aromatic N) is 1. The number of halogens is 3. The van der Waals surface area contributed by atoms with Crippen molar-refractivity contribution in [3.8, 4) is 0 Å². The predicted octanol–water partition coefficient (Wildman–Crippen LogP) is 6.90. The number of rotatable bonds is 3. The van der Waals surface area contributed by atoms with E-state index in [9.17, 15) is 4.79 Å². The van der Waals surface area contributed by atoms with Gasteiger partial charge < -0.3 is 5.32 Å². The number of hydrogen-bond acceptors (Lipinski definition) is 2. The van der Waals surface area contributed by atoms with Gasteiger partial charge in [0.25, 0.3) is 0 Å². The van der Waals surface area contributed by atoms with Crippen LogP contribution in [0.1, 0.15) is 60.7 Å². The highest BCUT2D eigenvalue weighted by atomic mass is 35.5. The molecular formula is C30H32ClF2N2O+. The first-order valence-electron chi connectivity index (χ1n) is 12.5. The third-order valence-electron chi connectivity index (χ3n) is 7.96. The molecule has 0 saturated carbocycles. The van der Waals surface area contributed by atoms with Gasteiger partial charge >= 0.3 is 5.91 Å². The highest BCUT2D eigenvalue weighted by molar-refractivity contribution is 6.30. The molecule has 1 amide bonds. The minimum absolute atomic E-state index is 0.00689. The molecule has 36 heavy (non-hydrogen) atoms. The van der Waals surface area contributed by atoms with Gasteiger partial charge in [-0.2, -0.15) is 0 Å². The molecule has 3 aromatic rings. The summed E-state index contributed by atoms with van der Waals surface area (Å²) < 4.78 is 29.9. The molecule has 0 radical (unpaired) electrons. The highest BCUT2D eigenvalue weighted by Gasteiger charge is 2.58. The summed E-state index contributed by atoms with van der Waals surface area (Å²) in [6.07, 6.45) is 1.66. The molecule has 0 aromatic heterocycles. The van der Waals surface area contributed by atoms with Crippen LogP contribution in [0.5, 0.6) is 0 Å². The minimum Gasteiger partial charge on any atom is -0.317 e. The van der Waals surface area contributed by atoms with E-state index in [4.69, 9.17) is 11.6 Å². The van der Waals surface area contributed by atoms with Crippen LogP contribution in [0, 0.1) is 11.6 Å². The minimum atomic E-state index is -0.831. The second kappa shape index (κ2) is 9.05. The number of carbonyl (C=O) groups excluding carboxylic acids is 1. The van der Waals surface area contributed by atoms with E-state index in [0.29, 0.717) is 18.1 Å². The van der Waals surface area contributed by atoms with Crippen LogP contribution in [0.15, 0.2) is 60.7 Å². The van der Waals surface area contributed by atoms with Crippen LogP contribution in [0.25, 0.3) is 0 Å². The molecule has 6 heteroatoms. The van der Waals surface area contributed by atoms with E-state index >= 15 is 8.78 Å². The zero-order valence-electron chi connectivity index (χ0n) is 21.0. The summed E-state index contributed by atoms with van der Waals surface area (Å²) in [7, 11) is 0. The van der Waals surface area contributed by atoms with Gasteiger partial charge in [-0.15, -0.1) is 0 Å². The maximum absolute atomic E-state index is 15.0. The Balaban J connectivity index is 1.70. The number of nitrogens with one attached hydrogen (secondary N) is 1. The van der Waals surface area contributed by atoms with Crippen molar-refractivity contribution in [1.82, 2.24) is 9.80 Å². The van der Waals surface area contributed by atoms with E-state index in [1.807, 2.05) is 24.3 Å². The molecule has 2 aliphatic rings. The molecule has 3 aromatic carbocycles. The van der Waals surface area contributed by atoms with E-state index in [-0.39, 0.29) is 15.3 Å². The largest absolute Gasteiger partial charge is 0.357 e. The fourth-order valence-electron chi connectivity index (χ4n) is 6.06. The summed E-state index contributed by atoms with van der Waals surface area (Å²) in [5.74, 6) is -2.21. The van der Waals surface area contributed by atoms with Crippen LogP contribution in [0.3, 0.4) is 0 Å². The summed E-state index contributed by atoms with van der Waals surface area (Å²) in [4.78, 5) is 14.4. The Kier molecular flexibility index (Phi) is 6.30. The quantitative estimate of drug-likeness (QED) is 0.389. The molecule has 1 spiro atoms. The Morgan fingerprint density at radius 2 is 1.64 bits per heavy atom. The van der Waals surface area contributed by atoms with E-state index in [0.717, 1.165) is 54.9 Å². The van der Waals surface area contributed by atoms with Crippen LogP contribution < -0.4 is 9.80 Å². The Labute approximate surface area is 216 Å². The third kappa shape index (κ3) is 4.17. The van der Waals surface area contributed by atoms with Crippen LogP contribution in [-0.4, -0.2) is 25.5 Å². The molecule has 1 N–H and O–H groups in total. The van der Waals surface area contributed by atoms with Crippen molar-refractivity contribution in [3.63, 3.8) is 0 Å². The molecule has 2 heterocycles. The van der Waals surface area contributed by atoms with E-state index in [1.54, 1.807) is 6.07 Å². The molecular weight excluding hydrogens is 478 g/mol. The molecule has 1 atom stereocenters. The number of quaternary nitrogens is 1. The lowest BCUT2D eigenvalue weighted by Gasteiger charge is -2.37. The SMILES string of the molecule is CC(C)(C)c1ccc(C[N+]2(C(=O)c3c(F)cccc3F)CC3(CCNCC3)c3cc(Cl)ccc32)cc1. The molecule has 5 rings (SSSR count). The average Bonchev–Trinajstić information content (AvgIpc) is 3.08. The fraction of sp³-hybridized carbons (Fsp3) is 0.367. The number of carbonyl (C=O) groups is 1. The Hall–Kier alpha value is -2.60.